The Morgan fingerprint density at radius 1 is 1.44 bits per heavy atom. The molecule has 1 amide bonds. The van der Waals surface area contributed by atoms with E-state index in [-0.39, 0.29) is 5.91 Å². The van der Waals surface area contributed by atoms with E-state index in [0.717, 1.165) is 37.6 Å². The molecule has 0 aromatic heterocycles. The fourth-order valence-corrected chi connectivity index (χ4v) is 2.14. The summed E-state index contributed by atoms with van der Waals surface area (Å²) in [5.74, 6) is 0.538. The van der Waals surface area contributed by atoms with Crippen molar-refractivity contribution in [3.05, 3.63) is 24.3 Å². The van der Waals surface area contributed by atoms with Gasteiger partial charge in [0, 0.05) is 31.5 Å². The maximum absolute atomic E-state index is 11.0. The maximum atomic E-state index is 11.0. The van der Waals surface area contributed by atoms with Crippen molar-refractivity contribution in [1.29, 1.82) is 0 Å². The molecule has 0 bridgehead atoms. The summed E-state index contributed by atoms with van der Waals surface area (Å²) in [6.07, 6.45) is 2.37. The van der Waals surface area contributed by atoms with E-state index in [4.69, 9.17) is 4.74 Å². The minimum atomic E-state index is -0.0483. The van der Waals surface area contributed by atoms with Gasteiger partial charge in [0.1, 0.15) is 0 Å². The maximum Gasteiger partial charge on any atom is 0.221 e. The highest BCUT2D eigenvalue weighted by Crippen LogP contribution is 2.18. The zero-order chi connectivity index (χ0) is 12.8. The van der Waals surface area contributed by atoms with E-state index in [1.54, 1.807) is 0 Å². The molecule has 1 atom stereocenters. The zero-order valence-corrected chi connectivity index (χ0v) is 10.7. The number of ether oxygens (including phenoxy) is 1. The SMILES string of the molecule is CC(=O)Nc1cccc(NCC2CCCOC2)c1. The number of benzene rings is 1. The van der Waals surface area contributed by atoms with Crippen molar-refractivity contribution < 1.29 is 9.53 Å². The molecule has 1 heterocycles. The molecule has 2 rings (SSSR count). The largest absolute Gasteiger partial charge is 0.385 e. The quantitative estimate of drug-likeness (QED) is 0.860. The normalized spacial score (nSPS) is 19.3. The van der Waals surface area contributed by atoms with Gasteiger partial charge in [-0.2, -0.15) is 0 Å². The molecule has 1 aromatic rings. The summed E-state index contributed by atoms with van der Waals surface area (Å²) in [5.41, 5.74) is 1.86. The summed E-state index contributed by atoms with van der Waals surface area (Å²) in [4.78, 5) is 11.0. The third-order valence-corrected chi connectivity index (χ3v) is 3.03. The van der Waals surface area contributed by atoms with Crippen LogP contribution in [0.15, 0.2) is 24.3 Å². The smallest absolute Gasteiger partial charge is 0.221 e. The van der Waals surface area contributed by atoms with Crippen LogP contribution < -0.4 is 10.6 Å². The van der Waals surface area contributed by atoms with Crippen LogP contribution in [0.5, 0.6) is 0 Å². The van der Waals surface area contributed by atoms with Gasteiger partial charge in [-0.3, -0.25) is 4.79 Å². The molecular weight excluding hydrogens is 228 g/mol. The molecule has 18 heavy (non-hydrogen) atoms. The first-order chi connectivity index (χ1) is 8.74. The van der Waals surface area contributed by atoms with E-state index in [1.807, 2.05) is 24.3 Å². The highest BCUT2D eigenvalue weighted by Gasteiger charge is 2.13. The van der Waals surface area contributed by atoms with E-state index < -0.39 is 0 Å². The van der Waals surface area contributed by atoms with Gasteiger partial charge >= 0.3 is 0 Å². The number of hydrogen-bond acceptors (Lipinski definition) is 3. The minimum absolute atomic E-state index is 0.0483. The van der Waals surface area contributed by atoms with Crippen molar-refractivity contribution in [2.24, 2.45) is 5.92 Å². The molecule has 0 saturated carbocycles. The number of carbonyl (C=O) groups is 1. The third kappa shape index (κ3) is 4.04. The molecule has 0 spiro atoms. The first-order valence-corrected chi connectivity index (χ1v) is 6.43. The van der Waals surface area contributed by atoms with Crippen LogP contribution in [-0.4, -0.2) is 25.7 Å². The standard InChI is InChI=1S/C14H20N2O2/c1-11(17)16-14-6-2-5-13(8-14)15-9-12-4-3-7-18-10-12/h2,5-6,8,12,15H,3-4,7,9-10H2,1H3,(H,16,17). The van der Waals surface area contributed by atoms with Gasteiger partial charge in [-0.1, -0.05) is 6.07 Å². The van der Waals surface area contributed by atoms with Crippen molar-refractivity contribution in [2.75, 3.05) is 30.4 Å². The van der Waals surface area contributed by atoms with Gasteiger partial charge in [-0.05, 0) is 37.0 Å². The van der Waals surface area contributed by atoms with Gasteiger partial charge in [0.15, 0.2) is 0 Å². The summed E-state index contributed by atoms with van der Waals surface area (Å²) >= 11 is 0. The van der Waals surface area contributed by atoms with Crippen molar-refractivity contribution in [3.8, 4) is 0 Å². The van der Waals surface area contributed by atoms with Crippen LogP contribution in [0.2, 0.25) is 0 Å². The Morgan fingerprint density at radius 2 is 2.28 bits per heavy atom. The lowest BCUT2D eigenvalue weighted by atomic mass is 10.0. The first-order valence-electron chi connectivity index (χ1n) is 6.43. The second-order valence-electron chi connectivity index (χ2n) is 4.73. The van der Waals surface area contributed by atoms with Crippen LogP contribution in [0, 0.1) is 5.92 Å². The lowest BCUT2D eigenvalue weighted by molar-refractivity contribution is -0.114. The second-order valence-corrected chi connectivity index (χ2v) is 4.73. The zero-order valence-electron chi connectivity index (χ0n) is 10.7. The van der Waals surface area contributed by atoms with Crippen molar-refractivity contribution in [1.82, 2.24) is 0 Å². The molecule has 1 aliphatic heterocycles. The van der Waals surface area contributed by atoms with Crippen molar-refractivity contribution in [3.63, 3.8) is 0 Å². The Morgan fingerprint density at radius 3 is 3.00 bits per heavy atom. The molecule has 4 heteroatoms. The molecule has 0 aliphatic carbocycles. The first kappa shape index (κ1) is 12.9. The van der Waals surface area contributed by atoms with Gasteiger partial charge in [0.05, 0.1) is 6.61 Å². The van der Waals surface area contributed by atoms with Crippen LogP contribution in [0.25, 0.3) is 0 Å². The summed E-state index contributed by atoms with van der Waals surface area (Å²) in [6, 6.07) is 7.78. The minimum Gasteiger partial charge on any atom is -0.385 e. The van der Waals surface area contributed by atoms with Gasteiger partial charge in [-0.25, -0.2) is 0 Å². The van der Waals surface area contributed by atoms with Crippen LogP contribution in [0.3, 0.4) is 0 Å². The fraction of sp³-hybridized carbons (Fsp3) is 0.500. The van der Waals surface area contributed by atoms with Crippen molar-refractivity contribution >= 4 is 17.3 Å². The van der Waals surface area contributed by atoms with Crippen LogP contribution in [-0.2, 0) is 9.53 Å². The monoisotopic (exact) mass is 248 g/mol. The number of anilines is 2. The van der Waals surface area contributed by atoms with Crippen molar-refractivity contribution in [2.45, 2.75) is 19.8 Å². The fourth-order valence-electron chi connectivity index (χ4n) is 2.14. The Hall–Kier alpha value is -1.55. The summed E-state index contributed by atoms with van der Waals surface area (Å²) in [7, 11) is 0. The Kier molecular flexibility index (Phi) is 4.59. The predicted molar refractivity (Wildman–Crippen MR) is 72.8 cm³/mol. The average Bonchev–Trinajstić information content (AvgIpc) is 2.37. The molecular formula is C14H20N2O2. The van der Waals surface area contributed by atoms with Gasteiger partial charge in [-0.15, -0.1) is 0 Å². The molecule has 1 saturated heterocycles. The molecule has 1 fully saturated rings. The average molecular weight is 248 g/mol. The second kappa shape index (κ2) is 6.40. The molecule has 1 aromatic carbocycles. The van der Waals surface area contributed by atoms with E-state index in [2.05, 4.69) is 10.6 Å². The van der Waals surface area contributed by atoms with Gasteiger partial charge < -0.3 is 15.4 Å². The van der Waals surface area contributed by atoms with E-state index in [0.29, 0.717) is 5.92 Å². The molecule has 2 N–H and O–H groups in total. The number of hydrogen-bond donors (Lipinski definition) is 2. The molecule has 1 unspecified atom stereocenters. The van der Waals surface area contributed by atoms with E-state index in [9.17, 15) is 4.79 Å². The Labute approximate surface area is 108 Å². The Bertz CT molecular complexity index is 401. The van der Waals surface area contributed by atoms with Crippen LogP contribution in [0.4, 0.5) is 11.4 Å². The summed E-state index contributed by atoms with van der Waals surface area (Å²) in [5, 5.41) is 6.18. The van der Waals surface area contributed by atoms with Gasteiger partial charge in [0.2, 0.25) is 5.91 Å². The number of amides is 1. The number of rotatable bonds is 4. The van der Waals surface area contributed by atoms with E-state index in [1.165, 1.54) is 13.3 Å². The summed E-state index contributed by atoms with van der Waals surface area (Å²) in [6.45, 7) is 4.18. The molecule has 98 valence electrons. The highest BCUT2D eigenvalue weighted by atomic mass is 16.5. The highest BCUT2D eigenvalue weighted by molar-refractivity contribution is 5.89. The van der Waals surface area contributed by atoms with Crippen LogP contribution in [0.1, 0.15) is 19.8 Å². The van der Waals surface area contributed by atoms with Crippen LogP contribution >= 0.6 is 0 Å². The number of carbonyl (C=O) groups excluding carboxylic acids is 1. The molecule has 4 nitrogen and oxygen atoms in total. The lowest BCUT2D eigenvalue weighted by Gasteiger charge is -2.22. The number of nitrogens with one attached hydrogen (secondary N) is 2. The van der Waals surface area contributed by atoms with Gasteiger partial charge in [0.25, 0.3) is 0 Å². The third-order valence-electron chi connectivity index (χ3n) is 3.03. The predicted octanol–water partition coefficient (Wildman–Crippen LogP) is 2.48. The summed E-state index contributed by atoms with van der Waals surface area (Å²) < 4.78 is 5.45. The molecule has 1 aliphatic rings. The molecule has 0 radical (unpaired) electrons. The topological polar surface area (TPSA) is 50.4 Å². The van der Waals surface area contributed by atoms with E-state index >= 15 is 0 Å². The Balaban J connectivity index is 1.86. The lowest BCUT2D eigenvalue weighted by Crippen LogP contribution is -2.24.